The fourth-order valence-electron chi connectivity index (χ4n) is 2.63. The highest BCUT2D eigenvalue weighted by atomic mass is 16.6. The lowest BCUT2D eigenvalue weighted by Gasteiger charge is -2.18. The second kappa shape index (κ2) is 5.00. The Morgan fingerprint density at radius 1 is 1.31 bits per heavy atom. The van der Waals surface area contributed by atoms with Crippen LogP contribution in [0.3, 0.4) is 0 Å². The van der Waals surface area contributed by atoms with E-state index in [1.807, 2.05) is 0 Å². The topological polar surface area (TPSA) is 49.8 Å². The van der Waals surface area contributed by atoms with Gasteiger partial charge < -0.3 is 9.84 Å². The average molecular weight is 224 g/mol. The van der Waals surface area contributed by atoms with Gasteiger partial charge in [0.1, 0.15) is 0 Å². The van der Waals surface area contributed by atoms with Crippen molar-refractivity contribution in [1.29, 1.82) is 0 Å². The number of carboxylic acids is 1. The summed E-state index contributed by atoms with van der Waals surface area (Å²) >= 11 is 0. The van der Waals surface area contributed by atoms with Crippen molar-refractivity contribution in [3.63, 3.8) is 0 Å². The van der Waals surface area contributed by atoms with Gasteiger partial charge in [0.05, 0.1) is 12.2 Å². The number of unbranched alkanes of at least 4 members (excludes halogenated alkanes) is 1. The van der Waals surface area contributed by atoms with Gasteiger partial charge in [0.15, 0.2) is 0 Å². The Hall–Kier alpha value is -0.830. The molecule has 2 fully saturated rings. The number of rotatable bonds is 6. The summed E-state index contributed by atoms with van der Waals surface area (Å²) < 4.78 is 5.49. The van der Waals surface area contributed by atoms with E-state index in [9.17, 15) is 4.79 Å². The number of fused-ring (bicyclic) bond motifs is 1. The molecule has 3 heteroatoms. The van der Waals surface area contributed by atoms with Gasteiger partial charge in [-0.15, -0.1) is 0 Å². The fourth-order valence-corrected chi connectivity index (χ4v) is 2.63. The molecule has 0 aromatic carbocycles. The summed E-state index contributed by atoms with van der Waals surface area (Å²) in [5.41, 5.74) is 0.342. The fraction of sp³-hybridized carbons (Fsp3) is 0.769. The van der Waals surface area contributed by atoms with E-state index in [1.165, 1.54) is 25.7 Å². The number of carbonyl (C=O) groups is 1. The molecule has 2 aliphatic rings. The summed E-state index contributed by atoms with van der Waals surface area (Å²) in [7, 11) is 0. The van der Waals surface area contributed by atoms with Crippen LogP contribution >= 0.6 is 0 Å². The largest absolute Gasteiger partial charge is 0.478 e. The number of carboxylic acid groups (broad SMARTS) is 1. The first kappa shape index (κ1) is 11.6. The minimum atomic E-state index is -0.855. The van der Waals surface area contributed by atoms with Gasteiger partial charge in [-0.1, -0.05) is 19.4 Å². The van der Waals surface area contributed by atoms with E-state index in [1.54, 1.807) is 0 Å². The van der Waals surface area contributed by atoms with Crippen LogP contribution in [0.25, 0.3) is 0 Å². The van der Waals surface area contributed by atoms with Crippen molar-refractivity contribution in [2.45, 2.75) is 57.2 Å². The Bertz CT molecular complexity index is 285. The highest BCUT2D eigenvalue weighted by Gasteiger charge is 2.43. The molecule has 16 heavy (non-hydrogen) atoms. The first-order chi connectivity index (χ1) is 7.66. The molecule has 2 rings (SSSR count). The molecular formula is C13H20O3. The molecule has 3 unspecified atom stereocenters. The van der Waals surface area contributed by atoms with Crippen LogP contribution in [0.1, 0.15) is 44.9 Å². The molecule has 0 aromatic rings. The number of ether oxygens (including phenoxy) is 1. The summed E-state index contributed by atoms with van der Waals surface area (Å²) in [5.74, 6) is -0.0475. The van der Waals surface area contributed by atoms with Crippen molar-refractivity contribution >= 4 is 5.97 Å². The van der Waals surface area contributed by atoms with E-state index in [-0.39, 0.29) is 0 Å². The van der Waals surface area contributed by atoms with E-state index in [2.05, 4.69) is 6.58 Å². The number of hydrogen-bond donors (Lipinski definition) is 1. The van der Waals surface area contributed by atoms with E-state index >= 15 is 0 Å². The van der Waals surface area contributed by atoms with Gasteiger partial charge in [-0.2, -0.15) is 0 Å². The standard InChI is InChI=1S/C13H20O3/c1-9(13(14)15)4-2-3-5-10-6-7-11-12(8-10)16-11/h10-12H,1-8H2,(H,14,15). The first-order valence-electron chi connectivity index (χ1n) is 6.23. The van der Waals surface area contributed by atoms with Crippen LogP contribution in [0, 0.1) is 5.92 Å². The third-order valence-electron chi connectivity index (χ3n) is 3.76. The van der Waals surface area contributed by atoms with Gasteiger partial charge in [0.2, 0.25) is 0 Å². The second-order valence-corrected chi connectivity index (χ2v) is 5.05. The lowest BCUT2D eigenvalue weighted by molar-refractivity contribution is -0.132. The SMILES string of the molecule is C=C(CCCCC1CCC2OC2C1)C(=O)O. The lowest BCUT2D eigenvalue weighted by Crippen LogP contribution is -2.13. The van der Waals surface area contributed by atoms with Crippen LogP contribution in [-0.2, 0) is 9.53 Å². The van der Waals surface area contributed by atoms with Gasteiger partial charge in [0, 0.05) is 5.57 Å². The average Bonchev–Trinajstić information content (AvgIpc) is 3.02. The Morgan fingerprint density at radius 3 is 2.81 bits per heavy atom. The zero-order valence-electron chi connectivity index (χ0n) is 9.65. The van der Waals surface area contributed by atoms with Crippen LogP contribution in [-0.4, -0.2) is 23.3 Å². The molecule has 0 spiro atoms. The lowest BCUT2D eigenvalue weighted by atomic mass is 9.85. The van der Waals surface area contributed by atoms with Crippen molar-refractivity contribution in [3.05, 3.63) is 12.2 Å². The predicted molar refractivity (Wildman–Crippen MR) is 61.2 cm³/mol. The molecule has 3 atom stereocenters. The summed E-state index contributed by atoms with van der Waals surface area (Å²) in [6.07, 6.45) is 8.83. The van der Waals surface area contributed by atoms with E-state index in [4.69, 9.17) is 9.84 Å². The molecule has 0 amide bonds. The van der Waals surface area contributed by atoms with Gasteiger partial charge >= 0.3 is 5.97 Å². The third-order valence-corrected chi connectivity index (χ3v) is 3.76. The summed E-state index contributed by atoms with van der Waals surface area (Å²) in [4.78, 5) is 10.5. The van der Waals surface area contributed by atoms with Crippen LogP contribution in [0.2, 0.25) is 0 Å². The van der Waals surface area contributed by atoms with Crippen molar-refractivity contribution in [2.24, 2.45) is 5.92 Å². The Labute approximate surface area is 96.5 Å². The molecule has 1 aliphatic carbocycles. The van der Waals surface area contributed by atoms with Crippen molar-refractivity contribution < 1.29 is 14.6 Å². The van der Waals surface area contributed by atoms with Crippen molar-refractivity contribution in [2.75, 3.05) is 0 Å². The van der Waals surface area contributed by atoms with Crippen LogP contribution < -0.4 is 0 Å². The zero-order chi connectivity index (χ0) is 11.5. The maximum atomic E-state index is 10.5. The van der Waals surface area contributed by atoms with Gasteiger partial charge in [0.25, 0.3) is 0 Å². The Balaban J connectivity index is 1.54. The van der Waals surface area contributed by atoms with Gasteiger partial charge in [-0.05, 0) is 38.0 Å². The van der Waals surface area contributed by atoms with E-state index in [0.717, 1.165) is 18.8 Å². The van der Waals surface area contributed by atoms with Crippen LogP contribution in [0.15, 0.2) is 12.2 Å². The highest BCUT2D eigenvalue weighted by molar-refractivity contribution is 5.85. The van der Waals surface area contributed by atoms with Gasteiger partial charge in [-0.3, -0.25) is 0 Å². The van der Waals surface area contributed by atoms with Crippen molar-refractivity contribution in [1.82, 2.24) is 0 Å². The van der Waals surface area contributed by atoms with Crippen molar-refractivity contribution in [3.8, 4) is 0 Å². The maximum Gasteiger partial charge on any atom is 0.330 e. The third kappa shape index (κ3) is 3.08. The zero-order valence-corrected chi connectivity index (χ0v) is 9.65. The Morgan fingerprint density at radius 2 is 2.12 bits per heavy atom. The molecule has 1 saturated heterocycles. The highest BCUT2D eigenvalue weighted by Crippen LogP contribution is 2.41. The maximum absolute atomic E-state index is 10.5. The summed E-state index contributed by atoms with van der Waals surface area (Å²) in [5, 5.41) is 8.65. The number of aliphatic carboxylic acids is 1. The number of epoxide rings is 1. The molecule has 1 aliphatic heterocycles. The minimum Gasteiger partial charge on any atom is -0.478 e. The normalized spacial score (nSPS) is 31.9. The Kier molecular flexibility index (Phi) is 3.64. The predicted octanol–water partition coefficient (Wildman–Crippen LogP) is 2.76. The monoisotopic (exact) mass is 224 g/mol. The molecule has 0 aromatic heterocycles. The first-order valence-corrected chi connectivity index (χ1v) is 6.23. The molecule has 1 saturated carbocycles. The quantitative estimate of drug-likeness (QED) is 0.429. The smallest absolute Gasteiger partial charge is 0.330 e. The second-order valence-electron chi connectivity index (χ2n) is 5.05. The van der Waals surface area contributed by atoms with Gasteiger partial charge in [-0.25, -0.2) is 4.79 Å². The summed E-state index contributed by atoms with van der Waals surface area (Å²) in [6, 6.07) is 0. The minimum absolute atomic E-state index is 0.342. The van der Waals surface area contributed by atoms with Crippen LogP contribution in [0.5, 0.6) is 0 Å². The molecule has 1 N–H and O–H groups in total. The summed E-state index contributed by atoms with van der Waals surface area (Å²) in [6.45, 7) is 3.54. The van der Waals surface area contributed by atoms with E-state index in [0.29, 0.717) is 24.2 Å². The molecule has 1 heterocycles. The van der Waals surface area contributed by atoms with Crippen LogP contribution in [0.4, 0.5) is 0 Å². The molecule has 3 nitrogen and oxygen atoms in total. The molecule has 90 valence electrons. The molecule has 0 radical (unpaired) electrons. The van der Waals surface area contributed by atoms with E-state index < -0.39 is 5.97 Å². The number of hydrogen-bond acceptors (Lipinski definition) is 2. The molecule has 0 bridgehead atoms. The molecular weight excluding hydrogens is 204 g/mol.